The lowest BCUT2D eigenvalue weighted by Crippen LogP contribution is -2.34. The van der Waals surface area contributed by atoms with Crippen LogP contribution in [-0.4, -0.2) is 31.1 Å². The second-order valence-electron chi connectivity index (χ2n) is 6.01. The molecule has 1 N–H and O–H groups in total. The predicted molar refractivity (Wildman–Crippen MR) is 100 cm³/mol. The quantitative estimate of drug-likeness (QED) is 0.664. The van der Waals surface area contributed by atoms with Gasteiger partial charge in [0.05, 0.1) is 6.04 Å². The molecule has 126 valence electrons. The second kappa shape index (κ2) is 8.13. The SMILES string of the molecule is CCN(CC)CCNC(c1ccccc1)c1cc2ccccc2o1. The Labute approximate surface area is 144 Å². The van der Waals surface area contributed by atoms with Crippen molar-refractivity contribution in [2.24, 2.45) is 0 Å². The van der Waals surface area contributed by atoms with Crippen LogP contribution in [0.5, 0.6) is 0 Å². The van der Waals surface area contributed by atoms with Gasteiger partial charge in [0, 0.05) is 18.5 Å². The minimum absolute atomic E-state index is 0.0779. The fourth-order valence-electron chi connectivity index (χ4n) is 3.08. The van der Waals surface area contributed by atoms with Crippen molar-refractivity contribution in [2.75, 3.05) is 26.2 Å². The Bertz CT molecular complexity index is 714. The molecular weight excluding hydrogens is 296 g/mol. The number of benzene rings is 2. The summed E-state index contributed by atoms with van der Waals surface area (Å²) in [7, 11) is 0. The number of fused-ring (bicyclic) bond motifs is 1. The van der Waals surface area contributed by atoms with Crippen molar-refractivity contribution in [2.45, 2.75) is 19.9 Å². The highest BCUT2D eigenvalue weighted by molar-refractivity contribution is 5.77. The highest BCUT2D eigenvalue weighted by atomic mass is 16.3. The number of hydrogen-bond donors (Lipinski definition) is 1. The van der Waals surface area contributed by atoms with Crippen LogP contribution in [0.3, 0.4) is 0 Å². The molecule has 1 heterocycles. The first-order valence-corrected chi connectivity index (χ1v) is 8.81. The maximum absolute atomic E-state index is 6.12. The number of furan rings is 1. The van der Waals surface area contributed by atoms with Gasteiger partial charge in [0.1, 0.15) is 11.3 Å². The summed E-state index contributed by atoms with van der Waals surface area (Å²) in [6, 6.07) is 20.9. The zero-order chi connectivity index (χ0) is 16.8. The van der Waals surface area contributed by atoms with E-state index in [-0.39, 0.29) is 6.04 Å². The Kier molecular flexibility index (Phi) is 5.68. The van der Waals surface area contributed by atoms with Gasteiger partial charge in [0.15, 0.2) is 0 Å². The molecule has 1 atom stereocenters. The van der Waals surface area contributed by atoms with Crippen LogP contribution < -0.4 is 5.32 Å². The van der Waals surface area contributed by atoms with E-state index in [9.17, 15) is 0 Å². The van der Waals surface area contributed by atoms with Gasteiger partial charge in [-0.05, 0) is 30.8 Å². The van der Waals surface area contributed by atoms with E-state index >= 15 is 0 Å². The van der Waals surface area contributed by atoms with Crippen molar-refractivity contribution in [1.82, 2.24) is 10.2 Å². The summed E-state index contributed by atoms with van der Waals surface area (Å²) in [6.07, 6.45) is 0. The number of nitrogens with one attached hydrogen (secondary N) is 1. The summed E-state index contributed by atoms with van der Waals surface area (Å²) in [5.41, 5.74) is 2.18. The average molecular weight is 322 g/mol. The molecule has 0 spiro atoms. The molecule has 0 amide bonds. The first-order valence-electron chi connectivity index (χ1n) is 8.81. The lowest BCUT2D eigenvalue weighted by Gasteiger charge is -2.21. The van der Waals surface area contributed by atoms with E-state index < -0.39 is 0 Å². The third-order valence-electron chi connectivity index (χ3n) is 4.53. The third kappa shape index (κ3) is 3.86. The summed E-state index contributed by atoms with van der Waals surface area (Å²) < 4.78 is 6.12. The van der Waals surface area contributed by atoms with Gasteiger partial charge in [-0.2, -0.15) is 0 Å². The molecule has 24 heavy (non-hydrogen) atoms. The zero-order valence-corrected chi connectivity index (χ0v) is 14.5. The van der Waals surface area contributed by atoms with Gasteiger partial charge in [-0.25, -0.2) is 0 Å². The van der Waals surface area contributed by atoms with Crippen molar-refractivity contribution in [3.05, 3.63) is 72.0 Å². The summed E-state index contributed by atoms with van der Waals surface area (Å²) in [4.78, 5) is 2.42. The number of likely N-dealkylation sites (N-methyl/N-ethyl adjacent to an activating group) is 1. The van der Waals surface area contributed by atoms with E-state index in [0.717, 1.165) is 42.9 Å². The highest BCUT2D eigenvalue weighted by Gasteiger charge is 2.18. The van der Waals surface area contributed by atoms with E-state index in [4.69, 9.17) is 4.42 Å². The molecule has 0 bridgehead atoms. The van der Waals surface area contributed by atoms with Gasteiger partial charge in [0.25, 0.3) is 0 Å². The van der Waals surface area contributed by atoms with Crippen LogP contribution in [0.1, 0.15) is 31.2 Å². The lowest BCUT2D eigenvalue weighted by molar-refractivity contribution is 0.296. The smallest absolute Gasteiger partial charge is 0.134 e. The zero-order valence-electron chi connectivity index (χ0n) is 14.5. The molecule has 2 aromatic carbocycles. The summed E-state index contributed by atoms with van der Waals surface area (Å²) in [6.45, 7) is 8.54. The first-order chi connectivity index (χ1) is 11.8. The van der Waals surface area contributed by atoms with Crippen LogP contribution in [0.25, 0.3) is 11.0 Å². The van der Waals surface area contributed by atoms with E-state index in [1.807, 2.05) is 18.2 Å². The van der Waals surface area contributed by atoms with Gasteiger partial charge < -0.3 is 14.6 Å². The molecule has 3 aromatic rings. The minimum Gasteiger partial charge on any atom is -0.459 e. The molecule has 0 fully saturated rings. The van der Waals surface area contributed by atoms with Crippen molar-refractivity contribution in [1.29, 1.82) is 0 Å². The Morgan fingerprint density at radius 3 is 2.38 bits per heavy atom. The number of para-hydroxylation sites is 1. The second-order valence-corrected chi connectivity index (χ2v) is 6.01. The number of nitrogens with zero attached hydrogens (tertiary/aromatic N) is 1. The van der Waals surface area contributed by atoms with Gasteiger partial charge in [-0.3, -0.25) is 0 Å². The number of hydrogen-bond acceptors (Lipinski definition) is 3. The largest absolute Gasteiger partial charge is 0.459 e. The molecule has 0 aliphatic carbocycles. The summed E-state index contributed by atoms with van der Waals surface area (Å²) in [5.74, 6) is 0.974. The predicted octanol–water partition coefficient (Wildman–Crippen LogP) is 4.45. The van der Waals surface area contributed by atoms with E-state index in [1.165, 1.54) is 5.56 Å². The molecule has 0 aliphatic rings. The lowest BCUT2D eigenvalue weighted by atomic mass is 10.0. The molecule has 3 nitrogen and oxygen atoms in total. The molecule has 1 aromatic heterocycles. The van der Waals surface area contributed by atoms with Gasteiger partial charge in [-0.15, -0.1) is 0 Å². The third-order valence-corrected chi connectivity index (χ3v) is 4.53. The van der Waals surface area contributed by atoms with E-state index in [0.29, 0.717) is 0 Å². The average Bonchev–Trinajstić information content (AvgIpc) is 3.06. The Morgan fingerprint density at radius 2 is 1.67 bits per heavy atom. The van der Waals surface area contributed by atoms with Crippen LogP contribution in [0.2, 0.25) is 0 Å². The molecule has 3 rings (SSSR count). The van der Waals surface area contributed by atoms with Crippen LogP contribution in [0.4, 0.5) is 0 Å². The van der Waals surface area contributed by atoms with Crippen molar-refractivity contribution in [3.63, 3.8) is 0 Å². The van der Waals surface area contributed by atoms with Crippen molar-refractivity contribution >= 4 is 11.0 Å². The monoisotopic (exact) mass is 322 g/mol. The van der Waals surface area contributed by atoms with Gasteiger partial charge in [-0.1, -0.05) is 62.4 Å². The van der Waals surface area contributed by atoms with Crippen molar-refractivity contribution in [3.8, 4) is 0 Å². The molecule has 1 unspecified atom stereocenters. The maximum Gasteiger partial charge on any atom is 0.134 e. The standard InChI is InChI=1S/C21H26N2O/c1-3-23(4-2)15-14-22-21(17-10-6-5-7-11-17)20-16-18-12-8-9-13-19(18)24-20/h5-13,16,21-22H,3-4,14-15H2,1-2H3. The van der Waals surface area contributed by atoms with E-state index in [1.54, 1.807) is 0 Å². The number of rotatable bonds is 8. The first kappa shape index (κ1) is 16.7. The minimum atomic E-state index is 0.0779. The summed E-state index contributed by atoms with van der Waals surface area (Å²) in [5, 5.41) is 4.83. The Morgan fingerprint density at radius 1 is 0.958 bits per heavy atom. The topological polar surface area (TPSA) is 28.4 Å². The highest BCUT2D eigenvalue weighted by Crippen LogP contribution is 2.28. The molecule has 0 aliphatic heterocycles. The normalized spacial score (nSPS) is 12.8. The van der Waals surface area contributed by atoms with Crippen LogP contribution >= 0.6 is 0 Å². The van der Waals surface area contributed by atoms with E-state index in [2.05, 4.69) is 66.5 Å². The molecule has 0 saturated carbocycles. The Hall–Kier alpha value is -2.10. The van der Waals surface area contributed by atoms with Crippen LogP contribution in [0.15, 0.2) is 65.1 Å². The fourth-order valence-corrected chi connectivity index (χ4v) is 3.08. The van der Waals surface area contributed by atoms with Crippen LogP contribution in [0, 0.1) is 0 Å². The maximum atomic E-state index is 6.12. The Balaban J connectivity index is 1.82. The fraction of sp³-hybridized carbons (Fsp3) is 0.333. The van der Waals surface area contributed by atoms with Gasteiger partial charge in [0.2, 0.25) is 0 Å². The van der Waals surface area contributed by atoms with Crippen LogP contribution in [-0.2, 0) is 0 Å². The molecular formula is C21H26N2O. The molecule has 0 radical (unpaired) electrons. The molecule has 0 saturated heterocycles. The molecule has 3 heteroatoms. The van der Waals surface area contributed by atoms with Gasteiger partial charge >= 0.3 is 0 Å². The van der Waals surface area contributed by atoms with Crippen molar-refractivity contribution < 1.29 is 4.42 Å². The summed E-state index contributed by atoms with van der Waals surface area (Å²) >= 11 is 0.